The Bertz CT molecular complexity index is 561. The molecule has 0 aromatic carbocycles. The zero-order valence-corrected chi connectivity index (χ0v) is 16.5. The minimum Gasteiger partial charge on any atom is -0.455 e. The molecule has 1 unspecified atom stereocenters. The Kier molecular flexibility index (Phi) is 9.88. The number of carbonyl (C=O) groups excluding carboxylic acids is 4. The molecule has 0 aromatic heterocycles. The predicted octanol–water partition coefficient (Wildman–Crippen LogP) is 0.622. The molecule has 0 spiro atoms. The van der Waals surface area contributed by atoms with Crippen molar-refractivity contribution < 1.29 is 48.0 Å². The number of aliphatic hydroxyl groups excluding tert-OH is 1. The van der Waals surface area contributed by atoms with E-state index in [2.05, 4.69) is 0 Å². The summed E-state index contributed by atoms with van der Waals surface area (Å²) in [5, 5.41) is 9.67. The maximum absolute atomic E-state index is 11.9. The SMILES string of the molecule is CCC(=O)OC1O[C@H](CO)[C@@H](OC(=O)CC)[C@H](OC(=O)CC)[C@H]1OC(=O)CC. The molecular formula is C18H28O10. The molecule has 1 N–H and O–H groups in total. The fraction of sp³-hybridized carbons (Fsp3) is 0.778. The van der Waals surface area contributed by atoms with Gasteiger partial charge in [0.15, 0.2) is 12.2 Å². The van der Waals surface area contributed by atoms with Crippen LogP contribution in [-0.2, 0) is 42.9 Å². The number of carbonyl (C=O) groups is 4. The van der Waals surface area contributed by atoms with E-state index in [1.54, 1.807) is 27.7 Å². The van der Waals surface area contributed by atoms with E-state index < -0.39 is 61.2 Å². The van der Waals surface area contributed by atoms with Gasteiger partial charge < -0.3 is 28.8 Å². The number of hydrogen-bond donors (Lipinski definition) is 1. The van der Waals surface area contributed by atoms with Crippen LogP contribution < -0.4 is 0 Å². The van der Waals surface area contributed by atoms with Crippen molar-refractivity contribution >= 4 is 23.9 Å². The molecule has 0 radical (unpaired) electrons. The molecule has 1 rings (SSSR count). The molecule has 1 aliphatic heterocycles. The third-order valence-corrected chi connectivity index (χ3v) is 3.98. The van der Waals surface area contributed by atoms with Crippen molar-refractivity contribution in [3.05, 3.63) is 0 Å². The Labute approximate surface area is 163 Å². The Morgan fingerprint density at radius 3 is 1.50 bits per heavy atom. The first-order chi connectivity index (χ1) is 13.3. The lowest BCUT2D eigenvalue weighted by molar-refractivity contribution is -0.300. The van der Waals surface area contributed by atoms with Gasteiger partial charge in [-0.2, -0.15) is 0 Å². The highest BCUT2D eigenvalue weighted by Gasteiger charge is 2.53. The van der Waals surface area contributed by atoms with Crippen molar-refractivity contribution in [3.8, 4) is 0 Å². The molecule has 10 nitrogen and oxygen atoms in total. The lowest BCUT2D eigenvalue weighted by Crippen LogP contribution is -2.63. The molecule has 0 saturated carbocycles. The third kappa shape index (κ3) is 6.45. The number of rotatable bonds is 9. The number of aliphatic hydroxyl groups is 1. The zero-order valence-electron chi connectivity index (χ0n) is 16.5. The highest BCUT2D eigenvalue weighted by Crippen LogP contribution is 2.30. The molecule has 0 aromatic rings. The minimum atomic E-state index is -1.44. The molecule has 0 bridgehead atoms. The normalized spacial score (nSPS) is 26.8. The summed E-state index contributed by atoms with van der Waals surface area (Å²) in [6.07, 6.45) is -6.48. The first kappa shape index (κ1) is 23.8. The monoisotopic (exact) mass is 404 g/mol. The predicted molar refractivity (Wildman–Crippen MR) is 92.6 cm³/mol. The average Bonchev–Trinajstić information content (AvgIpc) is 2.70. The van der Waals surface area contributed by atoms with E-state index >= 15 is 0 Å². The first-order valence-electron chi connectivity index (χ1n) is 9.35. The summed E-state index contributed by atoms with van der Waals surface area (Å²) in [4.78, 5) is 47.5. The van der Waals surface area contributed by atoms with Crippen LogP contribution in [0.15, 0.2) is 0 Å². The molecule has 1 heterocycles. The number of esters is 4. The molecule has 0 amide bonds. The van der Waals surface area contributed by atoms with Crippen LogP contribution in [0.1, 0.15) is 53.4 Å². The van der Waals surface area contributed by atoms with Gasteiger partial charge in [0.2, 0.25) is 12.4 Å². The van der Waals surface area contributed by atoms with Crippen molar-refractivity contribution in [3.63, 3.8) is 0 Å². The summed E-state index contributed by atoms with van der Waals surface area (Å²) >= 11 is 0. The van der Waals surface area contributed by atoms with Gasteiger partial charge in [-0.3, -0.25) is 19.2 Å². The van der Waals surface area contributed by atoms with Crippen LogP contribution >= 0.6 is 0 Å². The lowest BCUT2D eigenvalue weighted by atomic mass is 9.98. The maximum Gasteiger partial charge on any atom is 0.307 e. The van der Waals surface area contributed by atoms with Gasteiger partial charge in [0.1, 0.15) is 6.10 Å². The van der Waals surface area contributed by atoms with Crippen LogP contribution in [0.2, 0.25) is 0 Å². The number of hydrogen-bond acceptors (Lipinski definition) is 10. The van der Waals surface area contributed by atoms with Gasteiger partial charge in [0, 0.05) is 25.7 Å². The van der Waals surface area contributed by atoms with E-state index in [9.17, 15) is 24.3 Å². The molecule has 1 aliphatic rings. The van der Waals surface area contributed by atoms with Crippen molar-refractivity contribution in [1.82, 2.24) is 0 Å². The summed E-state index contributed by atoms with van der Waals surface area (Å²) in [5.41, 5.74) is 0. The van der Waals surface area contributed by atoms with E-state index in [0.29, 0.717) is 0 Å². The van der Waals surface area contributed by atoms with E-state index in [1.807, 2.05) is 0 Å². The molecular weight excluding hydrogens is 376 g/mol. The quantitative estimate of drug-likeness (QED) is 0.430. The van der Waals surface area contributed by atoms with Crippen LogP contribution in [0.4, 0.5) is 0 Å². The summed E-state index contributed by atoms with van der Waals surface area (Å²) in [5.74, 6) is -2.59. The molecule has 10 heteroatoms. The molecule has 160 valence electrons. The smallest absolute Gasteiger partial charge is 0.307 e. The molecule has 28 heavy (non-hydrogen) atoms. The number of ether oxygens (including phenoxy) is 5. The van der Waals surface area contributed by atoms with E-state index in [-0.39, 0.29) is 25.7 Å². The minimum absolute atomic E-state index is 0.00221. The van der Waals surface area contributed by atoms with Crippen molar-refractivity contribution in [1.29, 1.82) is 0 Å². The topological polar surface area (TPSA) is 135 Å². The van der Waals surface area contributed by atoms with Crippen molar-refractivity contribution in [2.45, 2.75) is 84.1 Å². The fourth-order valence-corrected chi connectivity index (χ4v) is 2.44. The molecule has 5 atom stereocenters. The second-order valence-corrected chi connectivity index (χ2v) is 5.99. The Morgan fingerprint density at radius 1 is 0.679 bits per heavy atom. The van der Waals surface area contributed by atoms with Gasteiger partial charge >= 0.3 is 23.9 Å². The van der Waals surface area contributed by atoms with E-state index in [4.69, 9.17) is 23.7 Å². The molecule has 1 fully saturated rings. The maximum atomic E-state index is 11.9. The van der Waals surface area contributed by atoms with Gasteiger partial charge in [-0.25, -0.2) is 0 Å². The molecule has 0 aliphatic carbocycles. The van der Waals surface area contributed by atoms with Crippen molar-refractivity contribution in [2.24, 2.45) is 0 Å². The van der Waals surface area contributed by atoms with Crippen LogP contribution in [-0.4, -0.2) is 66.3 Å². The largest absolute Gasteiger partial charge is 0.455 e. The summed E-state index contributed by atoms with van der Waals surface area (Å²) in [7, 11) is 0. The highest BCUT2D eigenvalue weighted by atomic mass is 16.7. The lowest BCUT2D eigenvalue weighted by Gasteiger charge is -2.43. The van der Waals surface area contributed by atoms with Gasteiger partial charge in [-0.05, 0) is 0 Å². The highest BCUT2D eigenvalue weighted by molar-refractivity contribution is 5.72. The summed E-state index contributed by atoms with van der Waals surface area (Å²) < 4.78 is 26.7. The second-order valence-electron chi connectivity index (χ2n) is 5.99. The Hall–Kier alpha value is -2.20. The Balaban J connectivity index is 3.30. The van der Waals surface area contributed by atoms with Gasteiger partial charge in [-0.15, -0.1) is 0 Å². The van der Waals surface area contributed by atoms with Gasteiger partial charge in [0.05, 0.1) is 6.61 Å². The van der Waals surface area contributed by atoms with E-state index in [1.165, 1.54) is 0 Å². The van der Waals surface area contributed by atoms with Crippen LogP contribution in [0.25, 0.3) is 0 Å². The van der Waals surface area contributed by atoms with Crippen LogP contribution in [0.5, 0.6) is 0 Å². The van der Waals surface area contributed by atoms with Crippen LogP contribution in [0, 0.1) is 0 Å². The summed E-state index contributed by atoms with van der Waals surface area (Å²) in [6, 6.07) is 0. The van der Waals surface area contributed by atoms with E-state index in [0.717, 1.165) is 0 Å². The molecule has 1 saturated heterocycles. The summed E-state index contributed by atoms with van der Waals surface area (Å²) in [6.45, 7) is 5.61. The fourth-order valence-electron chi connectivity index (χ4n) is 2.44. The van der Waals surface area contributed by atoms with Gasteiger partial charge in [-0.1, -0.05) is 27.7 Å². The first-order valence-corrected chi connectivity index (χ1v) is 9.35. The van der Waals surface area contributed by atoms with Crippen molar-refractivity contribution in [2.75, 3.05) is 6.61 Å². The zero-order chi connectivity index (χ0) is 21.3. The Morgan fingerprint density at radius 2 is 1.07 bits per heavy atom. The van der Waals surface area contributed by atoms with Gasteiger partial charge in [0.25, 0.3) is 0 Å². The average molecular weight is 404 g/mol. The third-order valence-electron chi connectivity index (χ3n) is 3.98. The van der Waals surface area contributed by atoms with Crippen LogP contribution in [0.3, 0.4) is 0 Å². The standard InChI is InChI=1S/C18H28O10/c1-5-11(20)25-15-10(9-19)24-18(28-14(23)8-4)17(27-13(22)7-3)16(15)26-12(21)6-2/h10,15-19H,5-9H2,1-4H3/t10-,15-,16+,17-,18?/m1/s1. The second kappa shape index (κ2) is 11.6.